The topological polar surface area (TPSA) is 135 Å². The molecule has 10 nitrogen and oxygen atoms in total. The van der Waals surface area contributed by atoms with E-state index in [0.29, 0.717) is 39.7 Å². The maximum Gasteiger partial charge on any atom is 0.336 e. The molecule has 0 fully saturated rings. The molecular formula is C30H40N2O8. The van der Waals surface area contributed by atoms with Gasteiger partial charge in [0.05, 0.1) is 34.1 Å². The number of nitrogens with two attached hydrogens (primary N) is 1. The number of Topliss-reactive ketones (excluding diaryl/α,β-unsaturated/α-hetero) is 1. The fraction of sp³-hybridized carbons (Fsp3) is 0.433. The number of carbonyl (C=O) groups is 3. The molecule has 3 N–H and O–H groups in total. The summed E-state index contributed by atoms with van der Waals surface area (Å²) in [7, 11) is 5.88. The second-order valence-corrected chi connectivity index (χ2v) is 10.5. The summed E-state index contributed by atoms with van der Waals surface area (Å²) in [4.78, 5) is 39.6. The first-order valence-corrected chi connectivity index (χ1v) is 12.7. The van der Waals surface area contributed by atoms with Crippen molar-refractivity contribution in [1.82, 2.24) is 0 Å². The Labute approximate surface area is 235 Å². The number of anilines is 1. The zero-order valence-corrected chi connectivity index (χ0v) is 24.9. The molecule has 2 rings (SSSR count). The predicted octanol–water partition coefficient (Wildman–Crippen LogP) is 4.64. The van der Waals surface area contributed by atoms with Crippen molar-refractivity contribution in [3.8, 4) is 23.0 Å². The van der Waals surface area contributed by atoms with E-state index < -0.39 is 28.9 Å². The Morgan fingerprint density at radius 2 is 1.43 bits per heavy atom. The number of hydrogen-bond acceptors (Lipinski definition) is 9. The summed E-state index contributed by atoms with van der Waals surface area (Å²) in [5.74, 6) is -1.01. The molecular weight excluding hydrogens is 516 g/mol. The van der Waals surface area contributed by atoms with Gasteiger partial charge in [-0.1, -0.05) is 19.9 Å². The van der Waals surface area contributed by atoms with Crippen molar-refractivity contribution >= 4 is 29.4 Å². The monoisotopic (exact) mass is 556 g/mol. The van der Waals surface area contributed by atoms with Crippen LogP contribution in [0.2, 0.25) is 0 Å². The third kappa shape index (κ3) is 7.12. The summed E-state index contributed by atoms with van der Waals surface area (Å²) in [6.07, 6.45) is 1.66. The Hall–Kier alpha value is -4.05. The number of allylic oxidation sites excluding steroid dienone is 1. The number of methoxy groups -OCH3 is 4. The normalized spacial score (nSPS) is 13.2. The van der Waals surface area contributed by atoms with Crippen LogP contribution >= 0.6 is 0 Å². The van der Waals surface area contributed by atoms with Crippen LogP contribution in [0, 0.1) is 5.92 Å². The Balaban J connectivity index is 2.45. The summed E-state index contributed by atoms with van der Waals surface area (Å²) in [5, 5.41) is 2.72. The van der Waals surface area contributed by atoms with E-state index in [1.165, 1.54) is 28.4 Å². The van der Waals surface area contributed by atoms with Crippen molar-refractivity contribution < 1.29 is 38.1 Å². The number of hydrogen-bond donors (Lipinski definition) is 2. The van der Waals surface area contributed by atoms with E-state index in [2.05, 4.69) is 5.32 Å². The van der Waals surface area contributed by atoms with Crippen LogP contribution in [0.5, 0.6) is 23.0 Å². The van der Waals surface area contributed by atoms with Crippen molar-refractivity contribution in [1.29, 1.82) is 0 Å². The maximum absolute atomic E-state index is 13.4. The number of benzene rings is 2. The van der Waals surface area contributed by atoms with Gasteiger partial charge in [0.2, 0.25) is 5.75 Å². The third-order valence-electron chi connectivity index (χ3n) is 6.16. The lowest BCUT2D eigenvalue weighted by molar-refractivity contribution is -0.165. The molecule has 1 atom stereocenters. The van der Waals surface area contributed by atoms with Crippen LogP contribution in [0.15, 0.2) is 35.9 Å². The number of ketones is 1. The van der Waals surface area contributed by atoms with Gasteiger partial charge in [-0.2, -0.15) is 0 Å². The lowest BCUT2D eigenvalue weighted by atomic mass is 9.86. The number of ether oxygens (including phenoxy) is 5. The molecule has 0 saturated carbocycles. The quantitative estimate of drug-likeness (QED) is 0.176. The minimum absolute atomic E-state index is 0.272. The smallest absolute Gasteiger partial charge is 0.336 e. The number of rotatable bonds is 11. The van der Waals surface area contributed by atoms with Gasteiger partial charge in [-0.05, 0) is 75.1 Å². The number of carbonyl (C=O) groups excluding carboxylic acids is 3. The van der Waals surface area contributed by atoms with Gasteiger partial charge >= 0.3 is 5.97 Å². The molecule has 0 unspecified atom stereocenters. The molecule has 0 aliphatic carbocycles. The van der Waals surface area contributed by atoms with E-state index in [1.807, 2.05) is 0 Å². The highest BCUT2D eigenvalue weighted by Crippen LogP contribution is 2.39. The molecule has 0 radical (unpaired) electrons. The average molecular weight is 557 g/mol. The number of amides is 1. The minimum atomic E-state index is -1.96. The largest absolute Gasteiger partial charge is 0.495 e. The molecule has 2 aromatic rings. The third-order valence-corrected chi connectivity index (χ3v) is 6.16. The van der Waals surface area contributed by atoms with E-state index in [1.54, 1.807) is 78.0 Å². The average Bonchev–Trinajstić information content (AvgIpc) is 2.89. The minimum Gasteiger partial charge on any atom is -0.495 e. The van der Waals surface area contributed by atoms with Crippen molar-refractivity contribution in [3.05, 3.63) is 47.0 Å². The number of nitrogens with one attached hydrogen (secondary N) is 1. The molecule has 0 aliphatic rings. The van der Waals surface area contributed by atoms with E-state index >= 15 is 0 Å². The molecule has 2 aromatic carbocycles. The first-order chi connectivity index (χ1) is 18.6. The SMILES string of the molecule is COc1ccc(C=C(C)C(=O)c2cc(OC)c(OC)c(OC)c2)cc1NC(=O)[C@](N)(C(=O)OC(C)(C)C)C(C)C. The fourth-order valence-corrected chi connectivity index (χ4v) is 3.85. The molecule has 10 heteroatoms. The van der Waals surface area contributed by atoms with Crippen molar-refractivity contribution in [3.63, 3.8) is 0 Å². The molecule has 0 bridgehead atoms. The Morgan fingerprint density at radius 3 is 1.88 bits per heavy atom. The van der Waals surface area contributed by atoms with Gasteiger partial charge in [0.1, 0.15) is 11.4 Å². The molecule has 0 spiro atoms. The molecule has 1 amide bonds. The lowest BCUT2D eigenvalue weighted by Crippen LogP contribution is -2.62. The molecule has 0 aliphatic heterocycles. The molecule has 0 heterocycles. The highest BCUT2D eigenvalue weighted by atomic mass is 16.6. The van der Waals surface area contributed by atoms with Gasteiger partial charge in [0, 0.05) is 5.56 Å². The van der Waals surface area contributed by atoms with Crippen LogP contribution in [-0.4, -0.2) is 57.2 Å². The van der Waals surface area contributed by atoms with Crippen LogP contribution in [0.25, 0.3) is 6.08 Å². The van der Waals surface area contributed by atoms with Gasteiger partial charge in [-0.25, -0.2) is 4.79 Å². The van der Waals surface area contributed by atoms with E-state index in [-0.39, 0.29) is 11.5 Å². The maximum atomic E-state index is 13.4. The zero-order chi connectivity index (χ0) is 30.4. The first kappa shape index (κ1) is 32.2. The summed E-state index contributed by atoms with van der Waals surface area (Å²) < 4.78 is 26.9. The van der Waals surface area contributed by atoms with Crippen molar-refractivity contribution in [2.24, 2.45) is 11.7 Å². The van der Waals surface area contributed by atoms with E-state index in [9.17, 15) is 14.4 Å². The van der Waals surface area contributed by atoms with Crippen LogP contribution in [0.1, 0.15) is 57.5 Å². The zero-order valence-electron chi connectivity index (χ0n) is 24.9. The standard InChI is InChI=1S/C30H40N2O8/c1-17(2)30(31,28(35)40-29(4,5)6)27(34)32-21-14-19(11-12-22(21)36-7)13-18(3)25(33)20-15-23(37-8)26(39-10)24(16-20)38-9/h11-17H,31H2,1-10H3,(H,32,34)/t30-/m0/s1. The van der Waals surface area contributed by atoms with Gasteiger partial charge in [-0.3, -0.25) is 9.59 Å². The lowest BCUT2D eigenvalue weighted by Gasteiger charge is -2.33. The summed E-state index contributed by atoms with van der Waals surface area (Å²) in [6, 6.07) is 8.14. The van der Waals surface area contributed by atoms with Gasteiger partial charge < -0.3 is 34.7 Å². The van der Waals surface area contributed by atoms with Crippen LogP contribution in [-0.2, 0) is 14.3 Å². The van der Waals surface area contributed by atoms with Crippen LogP contribution in [0.4, 0.5) is 5.69 Å². The molecule has 218 valence electrons. The predicted molar refractivity (Wildman–Crippen MR) is 153 cm³/mol. The van der Waals surface area contributed by atoms with E-state index in [0.717, 1.165) is 0 Å². The first-order valence-electron chi connectivity index (χ1n) is 12.7. The molecule has 40 heavy (non-hydrogen) atoms. The second-order valence-electron chi connectivity index (χ2n) is 10.5. The Morgan fingerprint density at radius 1 is 0.875 bits per heavy atom. The Kier molecular flexibility index (Phi) is 10.3. The van der Waals surface area contributed by atoms with Crippen molar-refractivity contribution in [2.45, 2.75) is 52.7 Å². The molecule has 0 saturated heterocycles. The van der Waals surface area contributed by atoms with Crippen LogP contribution in [0.3, 0.4) is 0 Å². The molecule has 0 aromatic heterocycles. The highest BCUT2D eigenvalue weighted by Gasteiger charge is 2.48. The van der Waals surface area contributed by atoms with Crippen molar-refractivity contribution in [2.75, 3.05) is 33.8 Å². The summed E-state index contributed by atoms with van der Waals surface area (Å²) in [6.45, 7) is 10.1. The fourth-order valence-electron chi connectivity index (χ4n) is 3.85. The highest BCUT2D eigenvalue weighted by molar-refractivity contribution is 6.14. The second kappa shape index (κ2) is 12.9. The number of esters is 1. The van der Waals surface area contributed by atoms with Gasteiger partial charge in [0.25, 0.3) is 5.91 Å². The van der Waals surface area contributed by atoms with Crippen LogP contribution < -0.4 is 30.0 Å². The Bertz CT molecular complexity index is 1270. The van der Waals surface area contributed by atoms with Gasteiger partial charge in [0.15, 0.2) is 22.8 Å². The summed E-state index contributed by atoms with van der Waals surface area (Å²) in [5.41, 5.74) is 5.18. The van der Waals surface area contributed by atoms with E-state index in [4.69, 9.17) is 29.4 Å². The summed E-state index contributed by atoms with van der Waals surface area (Å²) >= 11 is 0. The van der Waals surface area contributed by atoms with Gasteiger partial charge in [-0.15, -0.1) is 0 Å².